The van der Waals surface area contributed by atoms with Gasteiger partial charge in [-0.3, -0.25) is 0 Å². The number of halogens is 2. The molecule has 0 spiro atoms. The summed E-state index contributed by atoms with van der Waals surface area (Å²) >= 11 is 9.44. The number of piperidine rings is 1. The van der Waals surface area contributed by atoms with Gasteiger partial charge in [0.15, 0.2) is 0 Å². The average molecular weight is 424 g/mol. The number of hydrogen-bond acceptors (Lipinski definition) is 3. The van der Waals surface area contributed by atoms with Gasteiger partial charge in [0.1, 0.15) is 0 Å². The van der Waals surface area contributed by atoms with Gasteiger partial charge in [-0.2, -0.15) is 0 Å². The van der Waals surface area contributed by atoms with Crippen LogP contribution in [0.25, 0.3) is 0 Å². The molecule has 2 rings (SSSR count). The number of benzene rings is 1. The van der Waals surface area contributed by atoms with E-state index in [0.29, 0.717) is 9.50 Å². The van der Waals surface area contributed by atoms with E-state index in [0.717, 1.165) is 18.4 Å². The Morgan fingerprint density at radius 2 is 1.74 bits per heavy atom. The molecule has 1 aromatic carbocycles. The molecule has 23 heavy (non-hydrogen) atoms. The summed E-state index contributed by atoms with van der Waals surface area (Å²) in [5.41, 5.74) is 0.579. The summed E-state index contributed by atoms with van der Waals surface area (Å²) in [7, 11) is -3.64. The van der Waals surface area contributed by atoms with Gasteiger partial charge in [0.05, 0.1) is 4.90 Å². The van der Waals surface area contributed by atoms with Crippen LogP contribution in [-0.4, -0.2) is 25.5 Å². The molecule has 0 bridgehead atoms. The number of rotatable bonds is 3. The molecule has 7 heteroatoms. The molecule has 1 aromatic rings. The van der Waals surface area contributed by atoms with E-state index in [4.69, 9.17) is 11.6 Å². The second kappa shape index (κ2) is 6.30. The lowest BCUT2D eigenvalue weighted by Crippen LogP contribution is -2.62. The van der Waals surface area contributed by atoms with Crippen molar-refractivity contribution in [2.24, 2.45) is 0 Å². The minimum atomic E-state index is -3.64. The van der Waals surface area contributed by atoms with Crippen LogP contribution in [0.4, 0.5) is 0 Å². The van der Waals surface area contributed by atoms with Gasteiger partial charge < -0.3 is 5.32 Å². The van der Waals surface area contributed by atoms with E-state index in [1.54, 1.807) is 6.07 Å². The summed E-state index contributed by atoms with van der Waals surface area (Å²) in [6.45, 7) is 10.2. The van der Waals surface area contributed by atoms with Crippen molar-refractivity contribution in [3.63, 3.8) is 0 Å². The van der Waals surface area contributed by atoms with Crippen LogP contribution in [-0.2, 0) is 10.0 Å². The van der Waals surface area contributed by atoms with Crippen molar-refractivity contribution in [3.05, 3.63) is 27.2 Å². The topological polar surface area (TPSA) is 58.2 Å². The van der Waals surface area contributed by atoms with Crippen molar-refractivity contribution >= 4 is 37.6 Å². The van der Waals surface area contributed by atoms with Crippen LogP contribution in [0.5, 0.6) is 0 Å². The van der Waals surface area contributed by atoms with Crippen molar-refractivity contribution in [1.82, 2.24) is 10.0 Å². The van der Waals surface area contributed by atoms with Crippen LogP contribution >= 0.6 is 27.5 Å². The van der Waals surface area contributed by atoms with Gasteiger partial charge in [0.2, 0.25) is 10.0 Å². The molecule has 0 aliphatic carbocycles. The fourth-order valence-corrected chi connectivity index (χ4v) is 6.17. The Bertz CT molecular complexity index is 701. The maximum atomic E-state index is 12.8. The molecule has 130 valence electrons. The van der Waals surface area contributed by atoms with E-state index in [-0.39, 0.29) is 22.0 Å². The van der Waals surface area contributed by atoms with E-state index in [1.165, 1.54) is 6.07 Å². The van der Waals surface area contributed by atoms with Crippen molar-refractivity contribution in [3.8, 4) is 0 Å². The third-order valence-corrected chi connectivity index (χ3v) is 6.90. The van der Waals surface area contributed by atoms with Crippen molar-refractivity contribution in [1.29, 1.82) is 0 Å². The number of sulfonamides is 1. The van der Waals surface area contributed by atoms with E-state index < -0.39 is 10.0 Å². The fourth-order valence-electron chi connectivity index (χ4n) is 3.52. The summed E-state index contributed by atoms with van der Waals surface area (Å²) in [4.78, 5) is 0.183. The lowest BCUT2D eigenvalue weighted by molar-refractivity contribution is 0.157. The van der Waals surface area contributed by atoms with Gasteiger partial charge in [0, 0.05) is 26.6 Å². The summed E-state index contributed by atoms with van der Waals surface area (Å²) < 4.78 is 29.0. The maximum Gasteiger partial charge on any atom is 0.241 e. The third-order valence-electron chi connectivity index (χ3n) is 4.01. The number of nitrogens with one attached hydrogen (secondary N) is 2. The predicted molar refractivity (Wildman–Crippen MR) is 98.5 cm³/mol. The van der Waals surface area contributed by atoms with Crippen LogP contribution in [0.1, 0.15) is 46.1 Å². The maximum absolute atomic E-state index is 12.8. The lowest BCUT2D eigenvalue weighted by Gasteiger charge is -2.46. The van der Waals surface area contributed by atoms with Gasteiger partial charge >= 0.3 is 0 Å². The first-order valence-corrected chi connectivity index (χ1v) is 10.2. The van der Waals surface area contributed by atoms with Crippen LogP contribution in [0.2, 0.25) is 5.02 Å². The minimum Gasteiger partial charge on any atom is -0.307 e. The average Bonchev–Trinajstić information content (AvgIpc) is 2.28. The van der Waals surface area contributed by atoms with Crippen molar-refractivity contribution < 1.29 is 8.42 Å². The zero-order valence-corrected chi connectivity index (χ0v) is 17.3. The Kier molecular flexibility index (Phi) is 5.26. The molecule has 0 amide bonds. The molecule has 0 radical (unpaired) electrons. The van der Waals surface area contributed by atoms with Crippen LogP contribution < -0.4 is 10.0 Å². The summed E-state index contributed by atoms with van der Waals surface area (Å²) in [5, 5.41) is 3.99. The van der Waals surface area contributed by atoms with Gasteiger partial charge in [0.25, 0.3) is 0 Å². The van der Waals surface area contributed by atoms with Crippen molar-refractivity contribution in [2.75, 3.05) is 0 Å². The van der Waals surface area contributed by atoms with Gasteiger partial charge in [-0.1, -0.05) is 11.6 Å². The second-order valence-corrected chi connectivity index (χ2v) is 10.6. The van der Waals surface area contributed by atoms with E-state index in [1.807, 2.05) is 6.92 Å². The molecular formula is C16H24BrClN2O2S. The Morgan fingerprint density at radius 3 is 2.26 bits per heavy atom. The molecule has 4 nitrogen and oxygen atoms in total. The van der Waals surface area contributed by atoms with Gasteiger partial charge in [-0.25, -0.2) is 13.1 Å². The van der Waals surface area contributed by atoms with Crippen LogP contribution in [0.15, 0.2) is 21.5 Å². The SMILES string of the molecule is Cc1cc(Br)c(S(=O)(=O)NC2CC(C)(C)NC(C)(C)C2)cc1Cl. The molecule has 1 saturated heterocycles. The zero-order valence-electron chi connectivity index (χ0n) is 14.1. The Morgan fingerprint density at radius 1 is 1.22 bits per heavy atom. The summed E-state index contributed by atoms with van der Waals surface area (Å²) in [6, 6.07) is 3.10. The quantitative estimate of drug-likeness (QED) is 0.772. The molecule has 0 unspecified atom stereocenters. The monoisotopic (exact) mass is 422 g/mol. The molecule has 0 atom stereocenters. The molecule has 1 fully saturated rings. The minimum absolute atomic E-state index is 0.127. The summed E-state index contributed by atoms with van der Waals surface area (Å²) in [6.07, 6.45) is 1.46. The first-order valence-electron chi connectivity index (χ1n) is 7.59. The lowest BCUT2D eigenvalue weighted by atomic mass is 9.80. The second-order valence-electron chi connectivity index (χ2n) is 7.65. The van der Waals surface area contributed by atoms with Gasteiger partial charge in [-0.15, -0.1) is 0 Å². The molecular weight excluding hydrogens is 400 g/mol. The van der Waals surface area contributed by atoms with Crippen molar-refractivity contribution in [2.45, 2.75) is 69.5 Å². The smallest absolute Gasteiger partial charge is 0.241 e. The number of aryl methyl sites for hydroxylation is 1. The van der Waals surface area contributed by atoms with Crippen LogP contribution in [0, 0.1) is 6.92 Å². The Labute approximate surface area is 152 Å². The van der Waals surface area contributed by atoms with E-state index >= 15 is 0 Å². The standard InChI is InChI=1S/C16H24BrClN2O2S/c1-10-6-12(17)14(7-13(10)18)23(21,22)19-11-8-15(2,3)20-16(4,5)9-11/h6-7,11,19-20H,8-9H2,1-5H3. The number of hydrogen-bond donors (Lipinski definition) is 2. The first-order chi connectivity index (χ1) is 10.3. The highest BCUT2D eigenvalue weighted by Crippen LogP contribution is 2.32. The highest BCUT2D eigenvalue weighted by atomic mass is 79.9. The zero-order chi connectivity index (χ0) is 17.6. The van der Waals surface area contributed by atoms with E-state index in [9.17, 15) is 8.42 Å². The molecule has 2 N–H and O–H groups in total. The Balaban J connectivity index is 2.30. The molecule has 1 aliphatic heterocycles. The summed E-state index contributed by atoms with van der Waals surface area (Å²) in [5.74, 6) is 0. The fraction of sp³-hybridized carbons (Fsp3) is 0.625. The predicted octanol–water partition coefficient (Wildman–Crippen LogP) is 4.00. The molecule has 0 aromatic heterocycles. The van der Waals surface area contributed by atoms with Crippen LogP contribution in [0.3, 0.4) is 0 Å². The highest BCUT2D eigenvalue weighted by Gasteiger charge is 2.39. The first kappa shape index (κ1) is 19.2. The Hall–Kier alpha value is -0.140. The van der Waals surface area contributed by atoms with E-state index in [2.05, 4.69) is 53.7 Å². The molecule has 1 aliphatic rings. The molecule has 1 heterocycles. The van der Waals surface area contributed by atoms with Gasteiger partial charge in [-0.05, 0) is 81.1 Å². The normalized spacial score (nSPS) is 21.3. The largest absolute Gasteiger partial charge is 0.307 e. The molecule has 0 saturated carbocycles. The third kappa shape index (κ3) is 4.69. The highest BCUT2D eigenvalue weighted by molar-refractivity contribution is 9.10.